The average molecular weight is 233 g/mol. The molecule has 1 aliphatic heterocycles. The van der Waals surface area contributed by atoms with Crippen LogP contribution in [0.15, 0.2) is 24.3 Å². The van der Waals surface area contributed by atoms with Crippen LogP contribution >= 0.6 is 0 Å². The quantitative estimate of drug-likeness (QED) is 0.580. The van der Waals surface area contributed by atoms with E-state index in [0.29, 0.717) is 0 Å². The monoisotopic (exact) mass is 233 g/mol. The van der Waals surface area contributed by atoms with Gasteiger partial charge in [0.25, 0.3) is 0 Å². The molecular weight excluding hydrogens is 214 g/mol. The van der Waals surface area contributed by atoms with Crippen LogP contribution < -0.4 is 4.90 Å². The minimum Gasteiger partial charge on any atom is -0.467 e. The number of anilines is 1. The first-order valence-electron chi connectivity index (χ1n) is 5.88. The van der Waals surface area contributed by atoms with Gasteiger partial charge in [0, 0.05) is 5.69 Å². The third-order valence-corrected chi connectivity index (χ3v) is 3.15. The standard InChI is InChI=1S/C14H19NO2/c1-14(2,3)10-5-7-11(8-6-10)15-9-12(15)13(16)17-4/h5-8,12H,9H2,1-4H3. The number of rotatable bonds is 2. The van der Waals surface area contributed by atoms with Crippen molar-refractivity contribution in [2.24, 2.45) is 0 Å². The molecule has 1 aliphatic rings. The second kappa shape index (κ2) is 4.06. The van der Waals surface area contributed by atoms with Gasteiger partial charge in [-0.25, -0.2) is 4.79 Å². The zero-order valence-electron chi connectivity index (χ0n) is 10.9. The number of benzene rings is 1. The van der Waals surface area contributed by atoms with Crippen LogP contribution in [-0.2, 0) is 14.9 Å². The lowest BCUT2D eigenvalue weighted by Gasteiger charge is -2.19. The zero-order valence-corrected chi connectivity index (χ0v) is 10.9. The Hall–Kier alpha value is -1.51. The molecule has 0 radical (unpaired) electrons. The Morgan fingerprint density at radius 1 is 1.29 bits per heavy atom. The summed E-state index contributed by atoms with van der Waals surface area (Å²) in [6.07, 6.45) is 0. The van der Waals surface area contributed by atoms with E-state index in [0.717, 1.165) is 12.2 Å². The molecule has 0 aliphatic carbocycles. The van der Waals surface area contributed by atoms with Crippen LogP contribution in [0.1, 0.15) is 26.3 Å². The third-order valence-electron chi connectivity index (χ3n) is 3.15. The summed E-state index contributed by atoms with van der Waals surface area (Å²) in [7, 11) is 1.43. The van der Waals surface area contributed by atoms with Gasteiger partial charge in [0.05, 0.1) is 13.7 Å². The first kappa shape index (κ1) is 12.0. The first-order chi connectivity index (χ1) is 7.93. The topological polar surface area (TPSA) is 29.3 Å². The fourth-order valence-corrected chi connectivity index (χ4v) is 1.92. The number of nitrogens with zero attached hydrogens (tertiary/aromatic N) is 1. The molecule has 1 fully saturated rings. The van der Waals surface area contributed by atoms with Crippen LogP contribution in [0, 0.1) is 0 Å². The van der Waals surface area contributed by atoms with Gasteiger partial charge >= 0.3 is 5.97 Å². The summed E-state index contributed by atoms with van der Waals surface area (Å²) in [5.41, 5.74) is 2.56. The number of esters is 1. The van der Waals surface area contributed by atoms with Crippen molar-refractivity contribution < 1.29 is 9.53 Å². The van der Waals surface area contributed by atoms with Crippen molar-refractivity contribution >= 4 is 11.7 Å². The van der Waals surface area contributed by atoms with E-state index in [1.54, 1.807) is 0 Å². The van der Waals surface area contributed by atoms with Crippen LogP contribution in [0.4, 0.5) is 5.69 Å². The molecular formula is C14H19NO2. The van der Waals surface area contributed by atoms with Gasteiger partial charge in [-0.3, -0.25) is 0 Å². The number of hydrogen-bond donors (Lipinski definition) is 0. The molecule has 0 spiro atoms. The van der Waals surface area contributed by atoms with Crippen LogP contribution in [0.25, 0.3) is 0 Å². The van der Waals surface area contributed by atoms with Crippen molar-refractivity contribution in [3.05, 3.63) is 29.8 Å². The largest absolute Gasteiger partial charge is 0.467 e. The van der Waals surface area contributed by atoms with Crippen LogP contribution in [-0.4, -0.2) is 25.7 Å². The lowest BCUT2D eigenvalue weighted by Crippen LogP contribution is -2.14. The lowest BCUT2D eigenvalue weighted by atomic mass is 9.87. The average Bonchev–Trinajstić information content (AvgIpc) is 3.07. The molecule has 0 amide bonds. The molecule has 3 heteroatoms. The van der Waals surface area contributed by atoms with Gasteiger partial charge in [0.1, 0.15) is 6.04 Å². The Kier molecular flexibility index (Phi) is 2.86. The highest BCUT2D eigenvalue weighted by molar-refractivity contribution is 5.86. The van der Waals surface area contributed by atoms with Crippen molar-refractivity contribution in [2.75, 3.05) is 18.6 Å². The van der Waals surface area contributed by atoms with Crippen molar-refractivity contribution in [3.8, 4) is 0 Å². The zero-order chi connectivity index (χ0) is 12.6. The van der Waals surface area contributed by atoms with E-state index in [-0.39, 0.29) is 17.4 Å². The SMILES string of the molecule is COC(=O)C1CN1c1ccc(C(C)(C)C)cc1. The maximum Gasteiger partial charge on any atom is 0.330 e. The van der Waals surface area contributed by atoms with Crippen molar-refractivity contribution in [1.82, 2.24) is 0 Å². The van der Waals surface area contributed by atoms with E-state index in [1.165, 1.54) is 12.7 Å². The van der Waals surface area contributed by atoms with Crippen LogP contribution in [0.3, 0.4) is 0 Å². The van der Waals surface area contributed by atoms with Crippen molar-refractivity contribution in [3.63, 3.8) is 0 Å². The summed E-state index contributed by atoms with van der Waals surface area (Å²) < 4.78 is 4.72. The number of carbonyl (C=O) groups is 1. The summed E-state index contributed by atoms with van der Waals surface area (Å²) in [6.45, 7) is 7.34. The number of methoxy groups -OCH3 is 1. The maximum absolute atomic E-state index is 11.3. The van der Waals surface area contributed by atoms with E-state index in [4.69, 9.17) is 4.74 Å². The Morgan fingerprint density at radius 3 is 2.35 bits per heavy atom. The molecule has 0 N–H and O–H groups in total. The number of hydrogen-bond acceptors (Lipinski definition) is 3. The molecule has 1 saturated heterocycles. The summed E-state index contributed by atoms with van der Waals surface area (Å²) in [5.74, 6) is -0.148. The van der Waals surface area contributed by atoms with Gasteiger partial charge in [-0.2, -0.15) is 0 Å². The Morgan fingerprint density at radius 2 is 1.88 bits per heavy atom. The van der Waals surface area contributed by atoms with Crippen molar-refractivity contribution in [1.29, 1.82) is 0 Å². The second-order valence-electron chi connectivity index (χ2n) is 5.49. The van der Waals surface area contributed by atoms with Crippen LogP contribution in [0.2, 0.25) is 0 Å². The highest BCUT2D eigenvalue weighted by Crippen LogP contribution is 2.31. The fraction of sp³-hybridized carbons (Fsp3) is 0.500. The molecule has 2 rings (SSSR count). The summed E-state index contributed by atoms with van der Waals surface area (Å²) in [4.78, 5) is 13.4. The minimum atomic E-state index is -0.148. The Labute approximate surface area is 102 Å². The van der Waals surface area contributed by atoms with E-state index in [9.17, 15) is 4.79 Å². The molecule has 1 unspecified atom stereocenters. The number of carbonyl (C=O) groups excluding carboxylic acids is 1. The van der Waals surface area contributed by atoms with Crippen LogP contribution in [0.5, 0.6) is 0 Å². The predicted molar refractivity (Wildman–Crippen MR) is 68.3 cm³/mol. The van der Waals surface area contributed by atoms with Gasteiger partial charge < -0.3 is 9.64 Å². The number of ether oxygens (including phenoxy) is 1. The maximum atomic E-state index is 11.3. The highest BCUT2D eigenvalue weighted by Gasteiger charge is 2.41. The van der Waals surface area contributed by atoms with Crippen molar-refractivity contribution in [2.45, 2.75) is 32.2 Å². The molecule has 17 heavy (non-hydrogen) atoms. The smallest absolute Gasteiger partial charge is 0.330 e. The molecule has 0 bridgehead atoms. The second-order valence-corrected chi connectivity index (χ2v) is 5.49. The van der Waals surface area contributed by atoms with E-state index >= 15 is 0 Å². The molecule has 1 aromatic rings. The molecule has 0 aromatic heterocycles. The summed E-state index contributed by atoms with van der Waals surface area (Å²) >= 11 is 0. The fourth-order valence-electron chi connectivity index (χ4n) is 1.92. The molecule has 1 heterocycles. The predicted octanol–water partition coefficient (Wildman–Crippen LogP) is 2.35. The van der Waals surface area contributed by atoms with E-state index in [2.05, 4.69) is 45.0 Å². The summed E-state index contributed by atoms with van der Waals surface area (Å²) in [6, 6.07) is 8.32. The lowest BCUT2D eigenvalue weighted by molar-refractivity contribution is -0.139. The molecule has 0 saturated carbocycles. The molecule has 1 aromatic carbocycles. The Balaban J connectivity index is 2.08. The molecule has 3 nitrogen and oxygen atoms in total. The molecule has 92 valence electrons. The van der Waals surface area contributed by atoms with Gasteiger partial charge in [-0.05, 0) is 23.1 Å². The third kappa shape index (κ3) is 2.43. The van der Waals surface area contributed by atoms with Gasteiger partial charge in [-0.1, -0.05) is 32.9 Å². The van der Waals surface area contributed by atoms with Gasteiger partial charge in [0.2, 0.25) is 0 Å². The minimum absolute atomic E-state index is 0.0829. The summed E-state index contributed by atoms with van der Waals surface area (Å²) in [5, 5.41) is 0. The van der Waals surface area contributed by atoms with E-state index in [1.807, 2.05) is 4.90 Å². The first-order valence-corrected chi connectivity index (χ1v) is 5.88. The normalized spacial score (nSPS) is 19.1. The molecule has 1 atom stereocenters. The van der Waals surface area contributed by atoms with Gasteiger partial charge in [-0.15, -0.1) is 0 Å². The Bertz CT molecular complexity index is 417. The highest BCUT2D eigenvalue weighted by atomic mass is 16.5. The van der Waals surface area contributed by atoms with Gasteiger partial charge in [0.15, 0.2) is 0 Å². The van der Waals surface area contributed by atoms with E-state index < -0.39 is 0 Å².